The van der Waals surface area contributed by atoms with Crippen LogP contribution in [0.2, 0.25) is 0 Å². The summed E-state index contributed by atoms with van der Waals surface area (Å²) in [5.74, 6) is 0.878. The molecule has 0 spiro atoms. The first-order valence-electron chi connectivity index (χ1n) is 6.94. The van der Waals surface area contributed by atoms with Crippen LogP contribution in [-0.4, -0.2) is 42.4 Å². The molecule has 1 N–H and O–H groups in total. The largest absolute Gasteiger partial charge is 0.492 e. The van der Waals surface area contributed by atoms with Gasteiger partial charge >= 0.3 is 0 Å². The van der Waals surface area contributed by atoms with E-state index in [2.05, 4.69) is 34.7 Å². The quantitative estimate of drug-likeness (QED) is 0.754. The number of hydrogen-bond donors (Lipinski definition) is 1. The fourth-order valence-corrected chi connectivity index (χ4v) is 2.63. The molecule has 0 aromatic heterocycles. The lowest BCUT2D eigenvalue weighted by Gasteiger charge is -2.29. The molecule has 19 heavy (non-hydrogen) atoms. The fraction of sp³-hybridized carbons (Fsp3) is 0.600. The first-order valence-corrected chi connectivity index (χ1v) is 7.73. The van der Waals surface area contributed by atoms with E-state index in [9.17, 15) is 0 Å². The van der Waals surface area contributed by atoms with E-state index >= 15 is 0 Å². The molecule has 1 aromatic carbocycles. The molecule has 108 valence electrons. The molecule has 0 aliphatic heterocycles. The lowest BCUT2D eigenvalue weighted by molar-refractivity contribution is 0.122. The number of benzene rings is 1. The lowest BCUT2D eigenvalue weighted by atomic mass is 10.1. The molecule has 0 radical (unpaired) electrons. The van der Waals surface area contributed by atoms with Crippen LogP contribution in [0.15, 0.2) is 28.7 Å². The molecule has 0 heterocycles. The number of ether oxygens (including phenoxy) is 1. The average Bonchev–Trinajstić information content (AvgIpc) is 2.40. The van der Waals surface area contributed by atoms with Crippen molar-refractivity contribution in [2.24, 2.45) is 0 Å². The van der Waals surface area contributed by atoms with Gasteiger partial charge in [0, 0.05) is 23.6 Å². The highest BCUT2D eigenvalue weighted by Gasteiger charge is 2.14. The maximum absolute atomic E-state index is 9.14. The fourth-order valence-electron chi connectivity index (χ4n) is 2.25. The Morgan fingerprint density at radius 3 is 2.58 bits per heavy atom. The lowest BCUT2D eigenvalue weighted by Crippen LogP contribution is -2.39. The summed E-state index contributed by atoms with van der Waals surface area (Å²) in [5, 5.41) is 9.14. The molecule has 0 aliphatic rings. The Balaban J connectivity index is 2.43. The molecule has 4 heteroatoms. The second-order valence-electron chi connectivity index (χ2n) is 4.54. The number of hydrogen-bond acceptors (Lipinski definition) is 3. The Labute approximate surface area is 124 Å². The third-order valence-corrected chi connectivity index (χ3v) is 3.78. The molecule has 1 aromatic rings. The predicted molar refractivity (Wildman–Crippen MR) is 82.7 cm³/mol. The molecule has 3 nitrogen and oxygen atoms in total. The van der Waals surface area contributed by atoms with E-state index < -0.39 is 0 Å². The molecule has 1 rings (SSSR count). The van der Waals surface area contributed by atoms with Crippen molar-refractivity contribution in [3.05, 3.63) is 28.7 Å². The van der Waals surface area contributed by atoms with Crippen LogP contribution in [0.3, 0.4) is 0 Å². The topological polar surface area (TPSA) is 32.7 Å². The predicted octanol–water partition coefficient (Wildman–Crippen LogP) is 3.31. The number of halogens is 1. The monoisotopic (exact) mass is 329 g/mol. The minimum Gasteiger partial charge on any atom is -0.492 e. The second-order valence-corrected chi connectivity index (χ2v) is 5.45. The van der Waals surface area contributed by atoms with Crippen molar-refractivity contribution >= 4 is 15.9 Å². The van der Waals surface area contributed by atoms with E-state index in [1.807, 2.05) is 24.3 Å². The summed E-state index contributed by atoms with van der Waals surface area (Å²) < 4.78 is 6.77. The SMILES string of the molecule is CCC(CC)N(CCO)CCOc1cccc(Br)c1. The van der Waals surface area contributed by atoms with Gasteiger partial charge in [0.05, 0.1) is 6.61 Å². The van der Waals surface area contributed by atoms with Gasteiger partial charge in [-0.3, -0.25) is 4.90 Å². The Morgan fingerprint density at radius 1 is 1.26 bits per heavy atom. The normalized spacial score (nSPS) is 11.3. The van der Waals surface area contributed by atoms with Crippen LogP contribution in [0.25, 0.3) is 0 Å². The zero-order valence-corrected chi connectivity index (χ0v) is 13.4. The molecule has 0 fully saturated rings. The molecule has 0 aliphatic carbocycles. The van der Waals surface area contributed by atoms with Crippen molar-refractivity contribution in [3.8, 4) is 5.75 Å². The number of aliphatic hydroxyl groups is 1. The highest BCUT2D eigenvalue weighted by Crippen LogP contribution is 2.17. The van der Waals surface area contributed by atoms with Gasteiger partial charge in [-0.15, -0.1) is 0 Å². The van der Waals surface area contributed by atoms with Gasteiger partial charge in [-0.1, -0.05) is 35.8 Å². The van der Waals surface area contributed by atoms with Gasteiger partial charge in [-0.25, -0.2) is 0 Å². The van der Waals surface area contributed by atoms with Gasteiger partial charge < -0.3 is 9.84 Å². The Kier molecular flexibility index (Phi) is 8.10. The summed E-state index contributed by atoms with van der Waals surface area (Å²) in [6.07, 6.45) is 2.21. The van der Waals surface area contributed by atoms with Crippen LogP contribution < -0.4 is 4.74 Å². The Morgan fingerprint density at radius 2 is 2.00 bits per heavy atom. The summed E-state index contributed by atoms with van der Waals surface area (Å²) in [5.41, 5.74) is 0. The van der Waals surface area contributed by atoms with Gasteiger partial charge in [0.2, 0.25) is 0 Å². The zero-order chi connectivity index (χ0) is 14.1. The van der Waals surface area contributed by atoms with E-state index in [0.29, 0.717) is 19.2 Å². The van der Waals surface area contributed by atoms with Crippen molar-refractivity contribution in [1.82, 2.24) is 4.90 Å². The summed E-state index contributed by atoms with van der Waals surface area (Å²) >= 11 is 3.43. The second kappa shape index (κ2) is 9.34. The van der Waals surface area contributed by atoms with Crippen LogP contribution in [0.4, 0.5) is 0 Å². The van der Waals surface area contributed by atoms with Gasteiger partial charge in [0.1, 0.15) is 12.4 Å². The molecular weight excluding hydrogens is 306 g/mol. The van der Waals surface area contributed by atoms with E-state index in [1.165, 1.54) is 0 Å². The van der Waals surface area contributed by atoms with E-state index in [4.69, 9.17) is 9.84 Å². The van der Waals surface area contributed by atoms with Crippen LogP contribution in [0, 0.1) is 0 Å². The van der Waals surface area contributed by atoms with Crippen molar-refractivity contribution in [2.45, 2.75) is 32.7 Å². The van der Waals surface area contributed by atoms with E-state index in [1.54, 1.807) is 0 Å². The summed E-state index contributed by atoms with van der Waals surface area (Å²) in [4.78, 5) is 2.30. The van der Waals surface area contributed by atoms with Crippen molar-refractivity contribution in [1.29, 1.82) is 0 Å². The zero-order valence-electron chi connectivity index (χ0n) is 11.8. The number of rotatable bonds is 9. The third-order valence-electron chi connectivity index (χ3n) is 3.29. The van der Waals surface area contributed by atoms with Crippen molar-refractivity contribution in [2.75, 3.05) is 26.3 Å². The summed E-state index contributed by atoms with van der Waals surface area (Å²) in [6.45, 7) is 6.79. The van der Waals surface area contributed by atoms with Crippen molar-refractivity contribution in [3.63, 3.8) is 0 Å². The maximum Gasteiger partial charge on any atom is 0.120 e. The highest BCUT2D eigenvalue weighted by atomic mass is 79.9. The molecule has 0 amide bonds. The van der Waals surface area contributed by atoms with Gasteiger partial charge in [0.15, 0.2) is 0 Å². The third kappa shape index (κ3) is 5.93. The first-order chi connectivity index (χ1) is 9.21. The van der Waals surface area contributed by atoms with E-state index in [0.717, 1.165) is 29.6 Å². The Bertz CT molecular complexity index is 356. The average molecular weight is 330 g/mol. The minimum atomic E-state index is 0.202. The molecule has 0 atom stereocenters. The van der Waals surface area contributed by atoms with Gasteiger partial charge in [-0.05, 0) is 31.0 Å². The molecular formula is C15H24BrNO2. The summed E-state index contributed by atoms with van der Waals surface area (Å²) in [7, 11) is 0. The van der Waals surface area contributed by atoms with Gasteiger partial charge in [0.25, 0.3) is 0 Å². The molecule has 0 saturated heterocycles. The van der Waals surface area contributed by atoms with Crippen LogP contribution in [0.5, 0.6) is 5.75 Å². The standard InChI is InChI=1S/C15H24BrNO2/c1-3-14(4-2)17(8-10-18)9-11-19-15-7-5-6-13(16)12-15/h5-7,12,14,18H,3-4,8-11H2,1-2H3. The molecule has 0 bridgehead atoms. The molecule has 0 unspecified atom stereocenters. The smallest absolute Gasteiger partial charge is 0.120 e. The Hall–Kier alpha value is -0.580. The maximum atomic E-state index is 9.14. The van der Waals surface area contributed by atoms with Crippen LogP contribution >= 0.6 is 15.9 Å². The molecule has 0 saturated carbocycles. The minimum absolute atomic E-state index is 0.202. The number of aliphatic hydroxyl groups excluding tert-OH is 1. The highest BCUT2D eigenvalue weighted by molar-refractivity contribution is 9.10. The number of nitrogens with zero attached hydrogens (tertiary/aromatic N) is 1. The summed E-state index contributed by atoms with van der Waals surface area (Å²) in [6, 6.07) is 8.39. The van der Waals surface area contributed by atoms with E-state index in [-0.39, 0.29) is 6.61 Å². The first kappa shape index (κ1) is 16.5. The van der Waals surface area contributed by atoms with Crippen LogP contribution in [0.1, 0.15) is 26.7 Å². The van der Waals surface area contributed by atoms with Gasteiger partial charge in [-0.2, -0.15) is 0 Å². The van der Waals surface area contributed by atoms with Crippen molar-refractivity contribution < 1.29 is 9.84 Å². The van der Waals surface area contributed by atoms with Crippen LogP contribution in [-0.2, 0) is 0 Å².